The number of halogens is 1. The van der Waals surface area contributed by atoms with Gasteiger partial charge in [0.1, 0.15) is 17.1 Å². The van der Waals surface area contributed by atoms with E-state index in [-0.39, 0.29) is 6.10 Å². The number of nitrogens with zero attached hydrogens (tertiary/aromatic N) is 2. The summed E-state index contributed by atoms with van der Waals surface area (Å²) < 4.78 is 8.10. The first-order chi connectivity index (χ1) is 9.17. The third kappa shape index (κ3) is 3.03. The Hall–Kier alpha value is -1.22. The lowest BCUT2D eigenvalue weighted by Gasteiger charge is -2.10. The van der Waals surface area contributed by atoms with Crippen molar-refractivity contribution < 1.29 is 4.74 Å². The first-order valence-corrected chi connectivity index (χ1v) is 7.41. The molecule has 0 spiro atoms. The Kier molecular flexibility index (Phi) is 4.70. The Labute approximate surface area is 119 Å². The molecule has 19 heavy (non-hydrogen) atoms. The molecule has 1 heterocycles. The molecule has 1 aromatic heterocycles. The number of benzene rings is 1. The van der Waals surface area contributed by atoms with Crippen LogP contribution in [0.15, 0.2) is 18.2 Å². The number of aromatic nitrogens is 2. The molecule has 0 aliphatic carbocycles. The van der Waals surface area contributed by atoms with Crippen LogP contribution in [-0.2, 0) is 13.0 Å². The molecule has 0 saturated carbocycles. The van der Waals surface area contributed by atoms with Crippen molar-refractivity contribution in [2.45, 2.75) is 46.3 Å². The highest BCUT2D eigenvalue weighted by Crippen LogP contribution is 2.27. The van der Waals surface area contributed by atoms with Crippen LogP contribution in [0.1, 0.15) is 33.0 Å². The van der Waals surface area contributed by atoms with Crippen LogP contribution >= 0.6 is 11.6 Å². The average molecular weight is 281 g/mol. The lowest BCUT2D eigenvalue weighted by molar-refractivity contribution is 0.245. The molecular weight excluding hydrogens is 260 g/mol. The third-order valence-corrected chi connectivity index (χ3v) is 3.14. The van der Waals surface area contributed by atoms with E-state index in [4.69, 9.17) is 21.3 Å². The normalized spacial score (nSPS) is 11.4. The molecule has 0 atom stereocenters. The van der Waals surface area contributed by atoms with Crippen molar-refractivity contribution in [1.29, 1.82) is 0 Å². The minimum absolute atomic E-state index is 0.151. The summed E-state index contributed by atoms with van der Waals surface area (Å²) in [5, 5.41) is 0. The molecule has 3 nitrogen and oxygen atoms in total. The Morgan fingerprint density at radius 3 is 2.79 bits per heavy atom. The predicted molar refractivity (Wildman–Crippen MR) is 80.2 cm³/mol. The molecule has 0 aliphatic rings. The second-order valence-electron chi connectivity index (χ2n) is 4.91. The highest BCUT2D eigenvalue weighted by atomic mass is 35.5. The van der Waals surface area contributed by atoms with E-state index in [1.54, 1.807) is 0 Å². The first-order valence-electron chi connectivity index (χ1n) is 6.88. The van der Waals surface area contributed by atoms with Crippen LogP contribution in [0.2, 0.25) is 0 Å². The number of para-hydroxylation sites is 1. The second kappa shape index (κ2) is 6.29. The third-order valence-electron chi connectivity index (χ3n) is 2.95. The Bertz CT molecular complexity index is 548. The van der Waals surface area contributed by atoms with E-state index in [1.165, 1.54) is 0 Å². The first kappa shape index (κ1) is 14.2. The van der Waals surface area contributed by atoms with Gasteiger partial charge in [-0.15, -0.1) is 11.6 Å². The van der Waals surface area contributed by atoms with Gasteiger partial charge >= 0.3 is 0 Å². The summed E-state index contributed by atoms with van der Waals surface area (Å²) in [6.07, 6.45) is 2.02. The van der Waals surface area contributed by atoms with E-state index in [1.807, 2.05) is 26.0 Å². The molecular formula is C15H21ClN2O. The molecule has 2 aromatic rings. The van der Waals surface area contributed by atoms with Crippen molar-refractivity contribution in [3.05, 3.63) is 24.0 Å². The van der Waals surface area contributed by atoms with E-state index >= 15 is 0 Å². The second-order valence-corrected chi connectivity index (χ2v) is 5.29. The lowest BCUT2D eigenvalue weighted by Crippen LogP contribution is -2.05. The summed E-state index contributed by atoms with van der Waals surface area (Å²) in [5.41, 5.74) is 2.09. The van der Waals surface area contributed by atoms with E-state index < -0.39 is 0 Å². The van der Waals surface area contributed by atoms with Crippen LogP contribution < -0.4 is 4.74 Å². The molecule has 4 heteroatoms. The van der Waals surface area contributed by atoms with Gasteiger partial charge < -0.3 is 9.30 Å². The summed E-state index contributed by atoms with van der Waals surface area (Å²) in [4.78, 5) is 4.73. The zero-order valence-corrected chi connectivity index (χ0v) is 12.6. The number of alkyl halides is 1. The predicted octanol–water partition coefficient (Wildman–Crippen LogP) is 4.01. The number of hydrogen-bond acceptors (Lipinski definition) is 2. The van der Waals surface area contributed by atoms with Crippen molar-refractivity contribution in [2.75, 3.05) is 5.88 Å². The molecule has 0 bridgehead atoms. The van der Waals surface area contributed by atoms with E-state index in [2.05, 4.69) is 17.6 Å². The summed E-state index contributed by atoms with van der Waals surface area (Å²) in [6.45, 7) is 7.20. The van der Waals surface area contributed by atoms with Gasteiger partial charge in [-0.3, -0.25) is 0 Å². The zero-order valence-electron chi connectivity index (χ0n) is 11.8. The van der Waals surface area contributed by atoms with Crippen molar-refractivity contribution >= 4 is 22.6 Å². The van der Waals surface area contributed by atoms with Gasteiger partial charge in [0.25, 0.3) is 0 Å². The Morgan fingerprint density at radius 1 is 1.37 bits per heavy atom. The summed E-state index contributed by atoms with van der Waals surface area (Å²) in [7, 11) is 0. The van der Waals surface area contributed by atoms with E-state index in [0.29, 0.717) is 5.88 Å². The SMILES string of the molecule is CCCn1c(CCCl)nc2c(OC(C)C)cccc21. The molecule has 2 rings (SSSR count). The fourth-order valence-electron chi connectivity index (χ4n) is 2.27. The maximum atomic E-state index is 5.88. The van der Waals surface area contributed by atoms with Gasteiger partial charge in [0, 0.05) is 18.8 Å². The Balaban J connectivity index is 2.53. The lowest BCUT2D eigenvalue weighted by atomic mass is 10.3. The summed E-state index contributed by atoms with van der Waals surface area (Å²) >= 11 is 5.88. The maximum Gasteiger partial charge on any atom is 0.147 e. The molecule has 0 saturated heterocycles. The largest absolute Gasteiger partial charge is 0.489 e. The fourth-order valence-corrected chi connectivity index (χ4v) is 2.44. The van der Waals surface area contributed by atoms with Crippen molar-refractivity contribution in [1.82, 2.24) is 9.55 Å². The van der Waals surface area contributed by atoms with Crippen LogP contribution in [0.3, 0.4) is 0 Å². The van der Waals surface area contributed by atoms with Gasteiger partial charge in [-0.2, -0.15) is 0 Å². The zero-order chi connectivity index (χ0) is 13.8. The van der Waals surface area contributed by atoms with Gasteiger partial charge in [0.2, 0.25) is 0 Å². The number of aryl methyl sites for hydroxylation is 2. The maximum absolute atomic E-state index is 5.88. The Morgan fingerprint density at radius 2 is 2.16 bits per heavy atom. The highest BCUT2D eigenvalue weighted by molar-refractivity contribution is 6.17. The van der Waals surface area contributed by atoms with E-state index in [0.717, 1.165) is 42.0 Å². The molecule has 0 fully saturated rings. The van der Waals surface area contributed by atoms with Gasteiger partial charge in [0.15, 0.2) is 0 Å². The van der Waals surface area contributed by atoms with Crippen LogP contribution in [0.25, 0.3) is 11.0 Å². The van der Waals surface area contributed by atoms with Crippen LogP contribution in [0, 0.1) is 0 Å². The minimum Gasteiger partial charge on any atom is -0.489 e. The standard InChI is InChI=1S/C15H21ClN2O/c1-4-10-18-12-6-5-7-13(19-11(2)3)15(12)17-14(18)8-9-16/h5-7,11H,4,8-10H2,1-3H3. The topological polar surface area (TPSA) is 27.1 Å². The summed E-state index contributed by atoms with van der Waals surface area (Å²) in [6, 6.07) is 6.11. The number of hydrogen-bond donors (Lipinski definition) is 0. The van der Waals surface area contributed by atoms with Crippen LogP contribution in [0.4, 0.5) is 0 Å². The fraction of sp³-hybridized carbons (Fsp3) is 0.533. The molecule has 0 amide bonds. The molecule has 104 valence electrons. The highest BCUT2D eigenvalue weighted by Gasteiger charge is 2.14. The molecule has 1 aromatic carbocycles. The van der Waals surface area contributed by atoms with Gasteiger partial charge in [-0.25, -0.2) is 4.98 Å². The van der Waals surface area contributed by atoms with Gasteiger partial charge in [-0.1, -0.05) is 13.0 Å². The van der Waals surface area contributed by atoms with Crippen molar-refractivity contribution in [3.63, 3.8) is 0 Å². The number of ether oxygens (including phenoxy) is 1. The number of rotatable bonds is 6. The van der Waals surface area contributed by atoms with Crippen molar-refractivity contribution in [3.8, 4) is 5.75 Å². The minimum atomic E-state index is 0.151. The van der Waals surface area contributed by atoms with Crippen LogP contribution in [0.5, 0.6) is 5.75 Å². The monoisotopic (exact) mass is 280 g/mol. The van der Waals surface area contributed by atoms with Crippen LogP contribution in [-0.4, -0.2) is 21.5 Å². The molecule has 0 unspecified atom stereocenters. The smallest absolute Gasteiger partial charge is 0.147 e. The van der Waals surface area contributed by atoms with E-state index in [9.17, 15) is 0 Å². The number of fused-ring (bicyclic) bond motifs is 1. The van der Waals surface area contributed by atoms with Gasteiger partial charge in [0.05, 0.1) is 11.6 Å². The quantitative estimate of drug-likeness (QED) is 0.748. The van der Waals surface area contributed by atoms with Gasteiger partial charge in [-0.05, 0) is 32.4 Å². The molecule has 0 radical (unpaired) electrons. The molecule has 0 aliphatic heterocycles. The number of imidazole rings is 1. The molecule has 0 N–H and O–H groups in total. The summed E-state index contributed by atoms with van der Waals surface area (Å²) in [5.74, 6) is 2.50. The van der Waals surface area contributed by atoms with Crippen molar-refractivity contribution in [2.24, 2.45) is 0 Å². The average Bonchev–Trinajstić information content (AvgIpc) is 2.70.